The Labute approximate surface area is 174 Å². The monoisotopic (exact) mass is 410 g/mol. The molecule has 156 valence electrons. The highest BCUT2D eigenvalue weighted by Gasteiger charge is 2.16. The molecule has 0 fully saturated rings. The zero-order chi connectivity index (χ0) is 21.9. The number of nitrogens with zero attached hydrogens (tertiary/aromatic N) is 1. The van der Waals surface area contributed by atoms with Crippen molar-refractivity contribution in [3.8, 4) is 11.8 Å². The van der Waals surface area contributed by atoms with Crippen LogP contribution in [0.2, 0.25) is 0 Å². The molecule has 0 saturated carbocycles. The average Bonchev–Trinajstić information content (AvgIpc) is 2.74. The number of benzene rings is 2. The molecule has 0 aliphatic heterocycles. The lowest BCUT2D eigenvalue weighted by atomic mass is 10.1. The van der Waals surface area contributed by atoms with Crippen molar-refractivity contribution in [3.05, 3.63) is 59.2 Å². The second-order valence-corrected chi connectivity index (χ2v) is 6.06. The van der Waals surface area contributed by atoms with Crippen molar-refractivity contribution in [2.45, 2.75) is 20.3 Å². The van der Waals surface area contributed by atoms with E-state index in [1.165, 1.54) is 18.2 Å². The van der Waals surface area contributed by atoms with E-state index in [-0.39, 0.29) is 43.1 Å². The number of anilines is 1. The van der Waals surface area contributed by atoms with Crippen LogP contribution in [0.4, 0.5) is 5.69 Å². The molecule has 8 heteroatoms. The fourth-order valence-corrected chi connectivity index (χ4v) is 2.49. The summed E-state index contributed by atoms with van der Waals surface area (Å²) >= 11 is 0. The second kappa shape index (κ2) is 11.2. The van der Waals surface area contributed by atoms with Gasteiger partial charge in [-0.2, -0.15) is 5.26 Å². The van der Waals surface area contributed by atoms with Crippen LogP contribution in [-0.2, 0) is 20.7 Å². The number of esters is 2. The molecule has 30 heavy (non-hydrogen) atoms. The minimum Gasteiger partial charge on any atom is -0.484 e. The summed E-state index contributed by atoms with van der Waals surface area (Å²) in [6.07, 6.45) is 0.289. The summed E-state index contributed by atoms with van der Waals surface area (Å²) in [6, 6.07) is 13.0. The highest BCUT2D eigenvalue weighted by atomic mass is 16.5. The number of carbonyl (C=O) groups excluding carboxylic acids is 3. The largest absolute Gasteiger partial charge is 0.484 e. The Morgan fingerprint density at radius 2 is 1.50 bits per heavy atom. The van der Waals surface area contributed by atoms with E-state index in [1.54, 1.807) is 38.1 Å². The topological polar surface area (TPSA) is 115 Å². The number of hydrogen-bond acceptors (Lipinski definition) is 7. The zero-order valence-electron chi connectivity index (χ0n) is 16.8. The third-order valence-electron chi connectivity index (χ3n) is 3.82. The molecule has 2 rings (SSSR count). The number of ether oxygens (including phenoxy) is 3. The van der Waals surface area contributed by atoms with Crippen molar-refractivity contribution >= 4 is 23.5 Å². The first-order chi connectivity index (χ1) is 14.5. The van der Waals surface area contributed by atoms with Gasteiger partial charge in [0.1, 0.15) is 5.75 Å². The molecule has 0 atom stereocenters. The lowest BCUT2D eigenvalue weighted by molar-refractivity contribution is -0.118. The van der Waals surface area contributed by atoms with Gasteiger partial charge in [0.05, 0.1) is 36.8 Å². The molecule has 1 N–H and O–H groups in total. The molecular formula is C22H22N2O6. The lowest BCUT2D eigenvalue weighted by Gasteiger charge is -2.11. The second-order valence-electron chi connectivity index (χ2n) is 6.06. The van der Waals surface area contributed by atoms with E-state index in [1.807, 2.05) is 0 Å². The van der Waals surface area contributed by atoms with Gasteiger partial charge in [0, 0.05) is 5.69 Å². The molecule has 2 aromatic rings. The summed E-state index contributed by atoms with van der Waals surface area (Å²) in [6.45, 7) is 3.35. The fraction of sp³-hybridized carbons (Fsp3) is 0.273. The Kier molecular flexibility index (Phi) is 8.39. The van der Waals surface area contributed by atoms with Gasteiger partial charge in [0.15, 0.2) is 6.61 Å². The molecule has 0 saturated heterocycles. The molecule has 8 nitrogen and oxygen atoms in total. The SMILES string of the molecule is CCOC(=O)c1cc(OCC(=O)Nc2ccc(CC#N)cc2)cc(C(=O)OCC)c1. The molecule has 1 amide bonds. The predicted octanol–water partition coefficient (Wildman–Crippen LogP) is 3.12. The van der Waals surface area contributed by atoms with Gasteiger partial charge in [-0.1, -0.05) is 12.1 Å². The van der Waals surface area contributed by atoms with Gasteiger partial charge in [-0.05, 0) is 49.7 Å². The average molecular weight is 410 g/mol. The van der Waals surface area contributed by atoms with Crippen molar-refractivity contribution in [2.75, 3.05) is 25.1 Å². The Hall–Kier alpha value is -3.86. The van der Waals surface area contributed by atoms with Crippen LogP contribution in [0.1, 0.15) is 40.1 Å². The Bertz CT molecular complexity index is 911. The summed E-state index contributed by atoms with van der Waals surface area (Å²) in [5.41, 5.74) is 1.63. The number of nitriles is 1. The third-order valence-corrected chi connectivity index (χ3v) is 3.82. The van der Waals surface area contributed by atoms with E-state index >= 15 is 0 Å². The lowest BCUT2D eigenvalue weighted by Crippen LogP contribution is -2.20. The molecular weight excluding hydrogens is 388 g/mol. The quantitative estimate of drug-likeness (QED) is 0.632. The number of carbonyl (C=O) groups is 3. The van der Waals surface area contributed by atoms with Crippen LogP contribution in [0.3, 0.4) is 0 Å². The summed E-state index contributed by atoms with van der Waals surface area (Å²) in [5.74, 6) is -1.50. The van der Waals surface area contributed by atoms with Gasteiger partial charge in [-0.15, -0.1) is 0 Å². The highest BCUT2D eigenvalue weighted by molar-refractivity contribution is 5.96. The molecule has 0 heterocycles. The number of nitrogens with one attached hydrogen (secondary N) is 1. The number of amides is 1. The van der Waals surface area contributed by atoms with E-state index in [2.05, 4.69) is 11.4 Å². The maximum atomic E-state index is 12.2. The number of hydrogen-bond donors (Lipinski definition) is 1. The summed E-state index contributed by atoms with van der Waals surface area (Å²) < 4.78 is 15.4. The van der Waals surface area contributed by atoms with E-state index in [9.17, 15) is 14.4 Å². The Morgan fingerprint density at radius 1 is 0.933 bits per heavy atom. The fourth-order valence-electron chi connectivity index (χ4n) is 2.49. The molecule has 0 aromatic heterocycles. The maximum absolute atomic E-state index is 12.2. The van der Waals surface area contributed by atoms with Crippen molar-refractivity contribution in [1.82, 2.24) is 0 Å². The Balaban J connectivity index is 2.08. The maximum Gasteiger partial charge on any atom is 0.338 e. The molecule has 0 aliphatic rings. The van der Waals surface area contributed by atoms with Crippen molar-refractivity contribution in [2.24, 2.45) is 0 Å². The predicted molar refractivity (Wildman–Crippen MR) is 108 cm³/mol. The first-order valence-corrected chi connectivity index (χ1v) is 9.34. The first-order valence-electron chi connectivity index (χ1n) is 9.34. The van der Waals surface area contributed by atoms with Gasteiger partial charge in [-0.25, -0.2) is 9.59 Å². The Morgan fingerprint density at radius 3 is 2.00 bits per heavy atom. The highest BCUT2D eigenvalue weighted by Crippen LogP contribution is 2.20. The van der Waals surface area contributed by atoms with Crippen molar-refractivity contribution in [3.63, 3.8) is 0 Å². The van der Waals surface area contributed by atoms with Gasteiger partial charge in [-0.3, -0.25) is 4.79 Å². The first kappa shape index (κ1) is 22.4. The minimum atomic E-state index is -0.615. The minimum absolute atomic E-state index is 0.117. The van der Waals surface area contributed by atoms with Gasteiger partial charge in [0.2, 0.25) is 0 Å². The van der Waals surface area contributed by atoms with Crippen LogP contribution in [0.25, 0.3) is 0 Å². The van der Waals surface area contributed by atoms with E-state index in [4.69, 9.17) is 19.5 Å². The molecule has 0 aliphatic carbocycles. The van der Waals surface area contributed by atoms with E-state index in [0.717, 1.165) is 5.56 Å². The molecule has 0 radical (unpaired) electrons. The summed E-state index contributed by atoms with van der Waals surface area (Å²) in [5, 5.41) is 11.4. The van der Waals surface area contributed by atoms with Crippen LogP contribution in [0.5, 0.6) is 5.75 Å². The molecule has 2 aromatic carbocycles. The third kappa shape index (κ3) is 6.63. The van der Waals surface area contributed by atoms with Crippen LogP contribution in [0, 0.1) is 11.3 Å². The van der Waals surface area contributed by atoms with Crippen molar-refractivity contribution < 1.29 is 28.6 Å². The molecule has 0 spiro atoms. The summed E-state index contributed by atoms with van der Waals surface area (Å²) in [4.78, 5) is 36.3. The molecule has 0 bridgehead atoms. The van der Waals surface area contributed by atoms with Crippen molar-refractivity contribution in [1.29, 1.82) is 5.26 Å². The van der Waals surface area contributed by atoms with Gasteiger partial charge in [0.25, 0.3) is 5.91 Å². The summed E-state index contributed by atoms with van der Waals surface area (Å²) in [7, 11) is 0. The molecule has 0 unspecified atom stereocenters. The van der Waals surface area contributed by atoms with Gasteiger partial charge >= 0.3 is 11.9 Å². The smallest absolute Gasteiger partial charge is 0.338 e. The zero-order valence-corrected chi connectivity index (χ0v) is 16.8. The van der Waals surface area contributed by atoms with Gasteiger partial charge < -0.3 is 19.5 Å². The van der Waals surface area contributed by atoms with Crippen LogP contribution in [0.15, 0.2) is 42.5 Å². The van der Waals surface area contributed by atoms with Crippen LogP contribution in [-0.4, -0.2) is 37.7 Å². The van der Waals surface area contributed by atoms with Crippen LogP contribution >= 0.6 is 0 Å². The standard InChI is InChI=1S/C22H22N2O6/c1-3-28-21(26)16-11-17(22(27)29-4-2)13-19(12-16)30-14-20(25)24-18-7-5-15(6-8-18)9-10-23/h5-8,11-13H,3-4,9,14H2,1-2H3,(H,24,25). The number of rotatable bonds is 9. The van der Waals surface area contributed by atoms with E-state index < -0.39 is 17.8 Å². The van der Waals surface area contributed by atoms with E-state index in [0.29, 0.717) is 5.69 Å². The van der Waals surface area contributed by atoms with Crippen LogP contribution < -0.4 is 10.1 Å². The normalized spacial score (nSPS) is 9.90.